The Labute approximate surface area is 94.7 Å². The molecule has 2 heteroatoms. The number of Topliss-reactive ketones (excluding diaryl/α,β-unsaturated/α-hetero) is 1. The van der Waals surface area contributed by atoms with Gasteiger partial charge < -0.3 is 4.98 Å². The Morgan fingerprint density at radius 3 is 3.06 bits per heavy atom. The average Bonchev–Trinajstić information content (AvgIpc) is 2.77. The molecule has 0 aliphatic carbocycles. The van der Waals surface area contributed by atoms with E-state index in [-0.39, 0.29) is 5.78 Å². The summed E-state index contributed by atoms with van der Waals surface area (Å²) in [7, 11) is 0. The Kier molecular flexibility index (Phi) is 3.07. The zero-order valence-corrected chi connectivity index (χ0v) is 8.99. The molecule has 1 aromatic heterocycles. The standard InChI is InChI=1S/C14H13NO/c1-2-12(16)7-3-5-11-6-4-8-14-13(11)9-10-15-14/h1,4,6,8-10,15H,3,5,7H2. The lowest BCUT2D eigenvalue weighted by Gasteiger charge is -2.01. The van der Waals surface area contributed by atoms with Crippen molar-refractivity contribution in [3.8, 4) is 12.3 Å². The number of benzene rings is 1. The lowest BCUT2D eigenvalue weighted by atomic mass is 10.0. The molecule has 0 fully saturated rings. The van der Waals surface area contributed by atoms with Crippen molar-refractivity contribution in [3.63, 3.8) is 0 Å². The van der Waals surface area contributed by atoms with E-state index in [1.165, 1.54) is 10.9 Å². The van der Waals surface area contributed by atoms with Crippen LogP contribution in [0.3, 0.4) is 0 Å². The molecule has 0 bridgehead atoms. The van der Waals surface area contributed by atoms with Crippen LogP contribution in [0.2, 0.25) is 0 Å². The van der Waals surface area contributed by atoms with Crippen LogP contribution >= 0.6 is 0 Å². The highest BCUT2D eigenvalue weighted by Gasteiger charge is 2.02. The molecule has 0 saturated heterocycles. The van der Waals surface area contributed by atoms with E-state index in [0.717, 1.165) is 18.4 Å². The smallest absolute Gasteiger partial charge is 0.205 e. The minimum absolute atomic E-state index is 0.110. The number of fused-ring (bicyclic) bond motifs is 1. The predicted molar refractivity (Wildman–Crippen MR) is 65.1 cm³/mol. The molecular weight excluding hydrogens is 198 g/mol. The second-order valence-corrected chi connectivity index (χ2v) is 3.78. The van der Waals surface area contributed by atoms with Crippen LogP contribution in [0.25, 0.3) is 10.9 Å². The SMILES string of the molecule is C#CC(=O)CCCc1cccc2[nH]ccc12. The molecule has 0 aliphatic rings. The van der Waals surface area contributed by atoms with Gasteiger partial charge in [0.15, 0.2) is 0 Å². The molecule has 1 aromatic carbocycles. The van der Waals surface area contributed by atoms with Gasteiger partial charge in [0.1, 0.15) is 0 Å². The number of ketones is 1. The van der Waals surface area contributed by atoms with Crippen molar-refractivity contribution in [1.29, 1.82) is 0 Å². The fraction of sp³-hybridized carbons (Fsp3) is 0.214. The molecular formula is C14H13NO. The normalized spacial score (nSPS) is 10.2. The van der Waals surface area contributed by atoms with Crippen LogP contribution in [0.15, 0.2) is 30.5 Å². The van der Waals surface area contributed by atoms with Gasteiger partial charge in [-0.2, -0.15) is 0 Å². The largest absolute Gasteiger partial charge is 0.361 e. The van der Waals surface area contributed by atoms with E-state index in [2.05, 4.69) is 23.0 Å². The third-order valence-electron chi connectivity index (χ3n) is 2.70. The molecule has 0 radical (unpaired) electrons. The van der Waals surface area contributed by atoms with Crippen LogP contribution in [0.4, 0.5) is 0 Å². The zero-order valence-electron chi connectivity index (χ0n) is 8.99. The van der Waals surface area contributed by atoms with Crippen LogP contribution in [0.5, 0.6) is 0 Å². The highest BCUT2D eigenvalue weighted by atomic mass is 16.1. The maximum atomic E-state index is 11.0. The molecule has 0 aliphatic heterocycles. The molecule has 0 saturated carbocycles. The van der Waals surface area contributed by atoms with Crippen molar-refractivity contribution in [2.75, 3.05) is 0 Å². The van der Waals surface area contributed by atoms with Crippen molar-refractivity contribution < 1.29 is 4.79 Å². The number of carbonyl (C=O) groups excluding carboxylic acids is 1. The van der Waals surface area contributed by atoms with E-state index in [0.29, 0.717) is 6.42 Å². The molecule has 2 aromatic rings. The first-order chi connectivity index (χ1) is 7.81. The Bertz CT molecular complexity index is 545. The Morgan fingerprint density at radius 2 is 2.25 bits per heavy atom. The maximum Gasteiger partial charge on any atom is 0.205 e. The number of terminal acetylenes is 1. The second-order valence-electron chi connectivity index (χ2n) is 3.78. The van der Waals surface area contributed by atoms with Gasteiger partial charge in [0.25, 0.3) is 0 Å². The number of rotatable bonds is 4. The van der Waals surface area contributed by atoms with E-state index >= 15 is 0 Å². The molecule has 1 heterocycles. The van der Waals surface area contributed by atoms with E-state index in [9.17, 15) is 4.79 Å². The molecule has 16 heavy (non-hydrogen) atoms. The van der Waals surface area contributed by atoms with Gasteiger partial charge >= 0.3 is 0 Å². The van der Waals surface area contributed by atoms with Gasteiger partial charge in [-0.1, -0.05) is 12.1 Å². The van der Waals surface area contributed by atoms with Crippen LogP contribution in [0, 0.1) is 12.3 Å². The molecule has 0 spiro atoms. The molecule has 2 rings (SSSR count). The summed E-state index contributed by atoms with van der Waals surface area (Å²) in [4.78, 5) is 14.1. The van der Waals surface area contributed by atoms with Crippen molar-refractivity contribution in [2.24, 2.45) is 0 Å². The van der Waals surface area contributed by atoms with Crippen molar-refractivity contribution in [1.82, 2.24) is 4.98 Å². The summed E-state index contributed by atoms with van der Waals surface area (Å²) in [6.07, 6.45) is 9.13. The first-order valence-electron chi connectivity index (χ1n) is 5.35. The lowest BCUT2D eigenvalue weighted by molar-refractivity contribution is -0.113. The third kappa shape index (κ3) is 2.14. The van der Waals surface area contributed by atoms with Crippen molar-refractivity contribution >= 4 is 16.7 Å². The number of aromatic amines is 1. The summed E-state index contributed by atoms with van der Waals surface area (Å²) >= 11 is 0. The first-order valence-corrected chi connectivity index (χ1v) is 5.35. The number of hydrogen-bond acceptors (Lipinski definition) is 1. The number of aromatic nitrogens is 1. The summed E-state index contributed by atoms with van der Waals surface area (Å²) in [5, 5.41) is 1.23. The Hall–Kier alpha value is -2.01. The molecule has 0 amide bonds. The number of hydrogen-bond donors (Lipinski definition) is 1. The summed E-state index contributed by atoms with van der Waals surface area (Å²) in [6, 6.07) is 8.23. The van der Waals surface area contributed by atoms with E-state index < -0.39 is 0 Å². The molecule has 1 N–H and O–H groups in total. The van der Waals surface area contributed by atoms with Gasteiger partial charge in [-0.05, 0) is 36.5 Å². The van der Waals surface area contributed by atoms with Crippen LogP contribution in [0.1, 0.15) is 18.4 Å². The summed E-state index contributed by atoms with van der Waals surface area (Å²) in [5.41, 5.74) is 2.41. The topological polar surface area (TPSA) is 32.9 Å². The van der Waals surface area contributed by atoms with E-state index in [1.807, 2.05) is 18.3 Å². The number of carbonyl (C=O) groups is 1. The average molecular weight is 211 g/mol. The molecule has 2 nitrogen and oxygen atoms in total. The Balaban J connectivity index is 2.07. The lowest BCUT2D eigenvalue weighted by Crippen LogP contribution is -1.94. The highest BCUT2D eigenvalue weighted by molar-refractivity contribution is 5.94. The molecule has 80 valence electrons. The predicted octanol–water partition coefficient (Wildman–Crippen LogP) is 2.69. The zero-order chi connectivity index (χ0) is 11.4. The molecule has 0 unspecified atom stereocenters. The maximum absolute atomic E-state index is 11.0. The van der Waals surface area contributed by atoms with E-state index in [4.69, 9.17) is 6.42 Å². The number of H-pyrrole nitrogens is 1. The van der Waals surface area contributed by atoms with Gasteiger partial charge in [0, 0.05) is 23.5 Å². The second kappa shape index (κ2) is 4.67. The van der Waals surface area contributed by atoms with Gasteiger partial charge in [0.05, 0.1) is 0 Å². The fourth-order valence-electron chi connectivity index (χ4n) is 1.88. The number of nitrogens with one attached hydrogen (secondary N) is 1. The fourth-order valence-corrected chi connectivity index (χ4v) is 1.88. The Morgan fingerprint density at radius 1 is 1.38 bits per heavy atom. The number of aryl methyl sites for hydroxylation is 1. The van der Waals surface area contributed by atoms with Gasteiger partial charge in [0.2, 0.25) is 5.78 Å². The van der Waals surface area contributed by atoms with E-state index in [1.54, 1.807) is 0 Å². The highest BCUT2D eigenvalue weighted by Crippen LogP contribution is 2.19. The van der Waals surface area contributed by atoms with Crippen molar-refractivity contribution in [3.05, 3.63) is 36.0 Å². The van der Waals surface area contributed by atoms with Gasteiger partial charge in [-0.15, -0.1) is 6.42 Å². The quantitative estimate of drug-likeness (QED) is 0.612. The van der Waals surface area contributed by atoms with Gasteiger partial charge in [-0.3, -0.25) is 4.79 Å². The minimum Gasteiger partial charge on any atom is -0.361 e. The molecule has 0 atom stereocenters. The van der Waals surface area contributed by atoms with Crippen LogP contribution < -0.4 is 0 Å². The first kappa shape index (κ1) is 10.5. The third-order valence-corrected chi connectivity index (χ3v) is 2.70. The monoisotopic (exact) mass is 211 g/mol. The van der Waals surface area contributed by atoms with Crippen LogP contribution in [-0.2, 0) is 11.2 Å². The summed E-state index contributed by atoms with van der Waals surface area (Å²) in [5.74, 6) is 2.03. The van der Waals surface area contributed by atoms with Gasteiger partial charge in [-0.25, -0.2) is 0 Å². The summed E-state index contributed by atoms with van der Waals surface area (Å²) in [6.45, 7) is 0. The summed E-state index contributed by atoms with van der Waals surface area (Å²) < 4.78 is 0. The minimum atomic E-state index is -0.110. The van der Waals surface area contributed by atoms with Crippen LogP contribution in [-0.4, -0.2) is 10.8 Å². The van der Waals surface area contributed by atoms with Crippen molar-refractivity contribution in [2.45, 2.75) is 19.3 Å².